The van der Waals surface area contributed by atoms with Crippen LogP contribution in [0.15, 0.2) is 59.5 Å². The standard InChI is InChI=1S/C18H22N2O3S/c1-3-14-19-18(21)15-10-12-16(13-11-15)20(4-2)24(22,23)17-8-6-5-7-9-17/h5-13H,3-4,14H2,1-2H3,(H,19,21). The summed E-state index contributed by atoms with van der Waals surface area (Å²) in [5.74, 6) is -0.155. The van der Waals surface area contributed by atoms with E-state index in [4.69, 9.17) is 0 Å². The molecule has 0 radical (unpaired) electrons. The number of sulfonamides is 1. The predicted octanol–water partition coefficient (Wildman–Crippen LogP) is 3.04. The van der Waals surface area contributed by atoms with E-state index in [1.807, 2.05) is 6.92 Å². The van der Waals surface area contributed by atoms with Crippen molar-refractivity contribution in [1.82, 2.24) is 5.32 Å². The third-order valence-corrected chi connectivity index (χ3v) is 5.49. The van der Waals surface area contributed by atoms with Crippen molar-refractivity contribution in [3.05, 3.63) is 60.2 Å². The fourth-order valence-electron chi connectivity index (χ4n) is 2.33. The molecule has 0 aliphatic heterocycles. The van der Waals surface area contributed by atoms with Gasteiger partial charge in [-0.1, -0.05) is 25.1 Å². The SMILES string of the molecule is CCCNC(=O)c1ccc(N(CC)S(=O)(=O)c2ccccc2)cc1. The van der Waals surface area contributed by atoms with Crippen molar-refractivity contribution in [2.24, 2.45) is 0 Å². The van der Waals surface area contributed by atoms with Crippen LogP contribution in [0.1, 0.15) is 30.6 Å². The van der Waals surface area contributed by atoms with E-state index >= 15 is 0 Å². The topological polar surface area (TPSA) is 66.5 Å². The number of nitrogens with zero attached hydrogens (tertiary/aromatic N) is 1. The normalized spacial score (nSPS) is 11.1. The summed E-state index contributed by atoms with van der Waals surface area (Å²) in [4.78, 5) is 12.2. The van der Waals surface area contributed by atoms with Gasteiger partial charge in [-0.05, 0) is 49.7 Å². The summed E-state index contributed by atoms with van der Waals surface area (Å²) in [5, 5.41) is 2.80. The summed E-state index contributed by atoms with van der Waals surface area (Å²) >= 11 is 0. The summed E-state index contributed by atoms with van der Waals surface area (Å²) in [6.07, 6.45) is 0.864. The van der Waals surface area contributed by atoms with Gasteiger partial charge in [0.15, 0.2) is 0 Å². The van der Waals surface area contributed by atoms with Gasteiger partial charge in [0, 0.05) is 18.7 Å². The van der Waals surface area contributed by atoms with Gasteiger partial charge in [-0.15, -0.1) is 0 Å². The zero-order valence-electron chi connectivity index (χ0n) is 13.9. The molecule has 2 aromatic rings. The van der Waals surface area contributed by atoms with Gasteiger partial charge in [-0.3, -0.25) is 9.10 Å². The van der Waals surface area contributed by atoms with E-state index in [0.29, 0.717) is 24.3 Å². The van der Waals surface area contributed by atoms with Crippen LogP contribution in [-0.2, 0) is 10.0 Å². The summed E-state index contributed by atoms with van der Waals surface area (Å²) in [7, 11) is -3.62. The number of hydrogen-bond donors (Lipinski definition) is 1. The number of carbonyl (C=O) groups is 1. The molecule has 1 N–H and O–H groups in total. The predicted molar refractivity (Wildman–Crippen MR) is 95.7 cm³/mol. The van der Waals surface area contributed by atoms with E-state index in [0.717, 1.165) is 6.42 Å². The molecular formula is C18H22N2O3S. The first kappa shape index (κ1) is 18.0. The highest BCUT2D eigenvalue weighted by atomic mass is 32.2. The van der Waals surface area contributed by atoms with Gasteiger partial charge in [-0.25, -0.2) is 8.42 Å². The first-order valence-electron chi connectivity index (χ1n) is 7.96. The monoisotopic (exact) mass is 346 g/mol. The Hall–Kier alpha value is -2.34. The lowest BCUT2D eigenvalue weighted by molar-refractivity contribution is 0.0953. The van der Waals surface area contributed by atoms with E-state index in [-0.39, 0.29) is 10.8 Å². The van der Waals surface area contributed by atoms with Crippen LogP contribution in [0, 0.1) is 0 Å². The molecule has 0 bridgehead atoms. The van der Waals surface area contributed by atoms with Gasteiger partial charge < -0.3 is 5.32 Å². The fraction of sp³-hybridized carbons (Fsp3) is 0.278. The maximum atomic E-state index is 12.8. The molecule has 5 nitrogen and oxygen atoms in total. The minimum atomic E-state index is -3.62. The van der Waals surface area contributed by atoms with Gasteiger partial charge in [0.25, 0.3) is 15.9 Å². The maximum absolute atomic E-state index is 12.8. The molecular weight excluding hydrogens is 324 g/mol. The molecule has 1 amide bonds. The molecule has 128 valence electrons. The Bertz CT molecular complexity index is 772. The quantitative estimate of drug-likeness (QED) is 0.838. The molecule has 0 aliphatic rings. The molecule has 2 aromatic carbocycles. The van der Waals surface area contributed by atoms with Crippen molar-refractivity contribution in [2.45, 2.75) is 25.2 Å². The number of benzene rings is 2. The molecule has 0 fully saturated rings. The van der Waals surface area contributed by atoms with Crippen molar-refractivity contribution in [2.75, 3.05) is 17.4 Å². The zero-order chi connectivity index (χ0) is 17.6. The molecule has 2 rings (SSSR count). The van der Waals surface area contributed by atoms with Crippen LogP contribution >= 0.6 is 0 Å². The van der Waals surface area contributed by atoms with Crippen LogP contribution in [0.5, 0.6) is 0 Å². The van der Waals surface area contributed by atoms with Crippen molar-refractivity contribution >= 4 is 21.6 Å². The summed E-state index contributed by atoms with van der Waals surface area (Å²) in [6, 6.07) is 14.9. The molecule has 0 heterocycles. The Morgan fingerprint density at radius 2 is 1.62 bits per heavy atom. The van der Waals surface area contributed by atoms with Gasteiger partial charge >= 0.3 is 0 Å². The number of amides is 1. The molecule has 0 aliphatic carbocycles. The van der Waals surface area contributed by atoms with Crippen LogP contribution < -0.4 is 9.62 Å². The van der Waals surface area contributed by atoms with Crippen LogP contribution in [0.2, 0.25) is 0 Å². The van der Waals surface area contributed by atoms with Gasteiger partial charge in [0.2, 0.25) is 0 Å². The largest absolute Gasteiger partial charge is 0.352 e. The average molecular weight is 346 g/mol. The third-order valence-electron chi connectivity index (χ3n) is 3.57. The Morgan fingerprint density at radius 3 is 2.17 bits per heavy atom. The Morgan fingerprint density at radius 1 is 1.00 bits per heavy atom. The second-order valence-electron chi connectivity index (χ2n) is 5.29. The lowest BCUT2D eigenvalue weighted by Crippen LogP contribution is -2.31. The lowest BCUT2D eigenvalue weighted by Gasteiger charge is -2.23. The van der Waals surface area contributed by atoms with Crippen molar-refractivity contribution in [3.8, 4) is 0 Å². The second kappa shape index (κ2) is 7.97. The van der Waals surface area contributed by atoms with Crippen LogP contribution in [0.4, 0.5) is 5.69 Å². The lowest BCUT2D eigenvalue weighted by atomic mass is 10.2. The minimum absolute atomic E-state index is 0.155. The third kappa shape index (κ3) is 3.94. The highest BCUT2D eigenvalue weighted by Gasteiger charge is 2.23. The fourth-order valence-corrected chi connectivity index (χ4v) is 3.83. The van der Waals surface area contributed by atoms with Crippen molar-refractivity contribution in [1.29, 1.82) is 0 Å². The highest BCUT2D eigenvalue weighted by Crippen LogP contribution is 2.23. The second-order valence-corrected chi connectivity index (χ2v) is 7.15. The first-order valence-corrected chi connectivity index (χ1v) is 9.40. The number of rotatable bonds is 7. The molecule has 0 saturated carbocycles. The smallest absolute Gasteiger partial charge is 0.264 e. The van der Waals surface area contributed by atoms with Gasteiger partial charge in [-0.2, -0.15) is 0 Å². The summed E-state index contributed by atoms with van der Waals surface area (Å²) in [5.41, 5.74) is 1.05. The van der Waals surface area contributed by atoms with Crippen LogP contribution in [0.3, 0.4) is 0 Å². The number of nitrogens with one attached hydrogen (secondary N) is 1. The molecule has 0 spiro atoms. The Kier molecular flexibility index (Phi) is 5.98. The van der Waals surface area contributed by atoms with Gasteiger partial charge in [0.05, 0.1) is 10.6 Å². The van der Waals surface area contributed by atoms with Crippen LogP contribution in [0.25, 0.3) is 0 Å². The van der Waals surface area contributed by atoms with Gasteiger partial charge in [0.1, 0.15) is 0 Å². The number of anilines is 1. The highest BCUT2D eigenvalue weighted by molar-refractivity contribution is 7.92. The van der Waals surface area contributed by atoms with E-state index in [1.165, 1.54) is 4.31 Å². The first-order chi connectivity index (χ1) is 11.5. The zero-order valence-corrected chi connectivity index (χ0v) is 14.7. The summed E-state index contributed by atoms with van der Waals surface area (Å²) in [6.45, 7) is 4.68. The van der Waals surface area contributed by atoms with Crippen molar-refractivity contribution in [3.63, 3.8) is 0 Å². The molecule has 0 atom stereocenters. The van der Waals surface area contributed by atoms with E-state index < -0.39 is 10.0 Å². The minimum Gasteiger partial charge on any atom is -0.352 e. The average Bonchev–Trinajstić information content (AvgIpc) is 2.61. The molecule has 0 unspecified atom stereocenters. The summed E-state index contributed by atoms with van der Waals surface area (Å²) < 4.78 is 26.9. The van der Waals surface area contributed by atoms with Crippen molar-refractivity contribution < 1.29 is 13.2 Å². The molecule has 0 saturated heterocycles. The number of hydrogen-bond acceptors (Lipinski definition) is 3. The Balaban J connectivity index is 2.27. The molecule has 0 aromatic heterocycles. The van der Waals surface area contributed by atoms with E-state index in [2.05, 4.69) is 5.32 Å². The number of carbonyl (C=O) groups excluding carboxylic acids is 1. The molecule has 6 heteroatoms. The Labute approximate surface area is 143 Å². The maximum Gasteiger partial charge on any atom is 0.264 e. The van der Waals surface area contributed by atoms with Crippen LogP contribution in [-0.4, -0.2) is 27.4 Å². The van der Waals surface area contributed by atoms with E-state index in [9.17, 15) is 13.2 Å². The van der Waals surface area contributed by atoms with E-state index in [1.54, 1.807) is 61.5 Å². The molecule has 24 heavy (non-hydrogen) atoms.